The molecule has 0 unspecified atom stereocenters. The van der Waals surface area contributed by atoms with E-state index in [1.807, 2.05) is 0 Å². The van der Waals surface area contributed by atoms with Gasteiger partial charge in [0.05, 0.1) is 12.3 Å². The van der Waals surface area contributed by atoms with Crippen molar-refractivity contribution < 1.29 is 5.11 Å². The SMILES string of the molecule is CCC(CC)=NC1=C(C)CN(CCO)C1. The summed E-state index contributed by atoms with van der Waals surface area (Å²) in [7, 11) is 0. The zero-order chi connectivity index (χ0) is 11.3. The van der Waals surface area contributed by atoms with Crippen LogP contribution in [0.5, 0.6) is 0 Å². The quantitative estimate of drug-likeness (QED) is 0.703. The molecule has 0 radical (unpaired) electrons. The average molecular weight is 210 g/mol. The van der Waals surface area contributed by atoms with Crippen molar-refractivity contribution in [2.45, 2.75) is 33.6 Å². The molecule has 0 aromatic carbocycles. The second-order valence-corrected chi connectivity index (χ2v) is 4.05. The van der Waals surface area contributed by atoms with E-state index in [0.29, 0.717) is 0 Å². The van der Waals surface area contributed by atoms with Crippen molar-refractivity contribution in [3.05, 3.63) is 11.3 Å². The molecular weight excluding hydrogens is 188 g/mol. The van der Waals surface area contributed by atoms with E-state index >= 15 is 0 Å². The van der Waals surface area contributed by atoms with Gasteiger partial charge < -0.3 is 5.11 Å². The molecule has 1 N–H and O–H groups in total. The van der Waals surface area contributed by atoms with Gasteiger partial charge in [-0.1, -0.05) is 13.8 Å². The standard InChI is InChI=1S/C12H22N2O/c1-4-11(5-2)13-12-9-14(6-7-15)8-10(12)3/h15H,4-9H2,1-3H3. The monoisotopic (exact) mass is 210 g/mol. The highest BCUT2D eigenvalue weighted by molar-refractivity contribution is 5.85. The summed E-state index contributed by atoms with van der Waals surface area (Å²) >= 11 is 0. The third-order valence-electron chi connectivity index (χ3n) is 2.85. The molecule has 1 rings (SSSR count). The first-order chi connectivity index (χ1) is 7.21. The van der Waals surface area contributed by atoms with Gasteiger partial charge in [-0.05, 0) is 25.3 Å². The minimum absolute atomic E-state index is 0.235. The highest BCUT2D eigenvalue weighted by Gasteiger charge is 2.18. The first kappa shape index (κ1) is 12.4. The largest absolute Gasteiger partial charge is 0.395 e. The Morgan fingerprint density at radius 3 is 2.53 bits per heavy atom. The van der Waals surface area contributed by atoms with Gasteiger partial charge in [0.2, 0.25) is 0 Å². The molecule has 3 heteroatoms. The van der Waals surface area contributed by atoms with Gasteiger partial charge in [-0.15, -0.1) is 0 Å². The average Bonchev–Trinajstić information content (AvgIpc) is 2.56. The van der Waals surface area contributed by atoms with E-state index in [1.54, 1.807) is 0 Å². The van der Waals surface area contributed by atoms with Crippen LogP contribution in [0.25, 0.3) is 0 Å². The van der Waals surface area contributed by atoms with Gasteiger partial charge in [-0.3, -0.25) is 9.89 Å². The van der Waals surface area contributed by atoms with E-state index in [4.69, 9.17) is 10.1 Å². The molecular formula is C12H22N2O. The lowest BCUT2D eigenvalue weighted by molar-refractivity contribution is 0.223. The number of nitrogens with zero attached hydrogens (tertiary/aromatic N) is 2. The Kier molecular flexibility index (Phi) is 4.99. The minimum atomic E-state index is 0.235. The van der Waals surface area contributed by atoms with Gasteiger partial charge >= 0.3 is 0 Å². The van der Waals surface area contributed by atoms with Crippen LogP contribution in [0.2, 0.25) is 0 Å². The highest BCUT2D eigenvalue weighted by atomic mass is 16.3. The fourth-order valence-corrected chi connectivity index (χ4v) is 1.86. The van der Waals surface area contributed by atoms with Crippen molar-refractivity contribution in [2.75, 3.05) is 26.2 Å². The van der Waals surface area contributed by atoms with Crippen LogP contribution in [0.3, 0.4) is 0 Å². The molecule has 0 spiro atoms. The molecule has 0 bridgehead atoms. The van der Waals surface area contributed by atoms with Crippen molar-refractivity contribution in [1.82, 2.24) is 4.90 Å². The van der Waals surface area contributed by atoms with Crippen molar-refractivity contribution in [3.8, 4) is 0 Å². The number of hydrogen-bond donors (Lipinski definition) is 1. The first-order valence-electron chi connectivity index (χ1n) is 5.79. The van der Waals surface area contributed by atoms with Crippen LogP contribution < -0.4 is 0 Å². The second kappa shape index (κ2) is 6.03. The minimum Gasteiger partial charge on any atom is -0.395 e. The zero-order valence-electron chi connectivity index (χ0n) is 10.1. The fourth-order valence-electron chi connectivity index (χ4n) is 1.86. The molecule has 3 nitrogen and oxygen atoms in total. The van der Waals surface area contributed by atoms with E-state index in [1.165, 1.54) is 17.0 Å². The Morgan fingerprint density at radius 1 is 1.33 bits per heavy atom. The molecule has 0 aromatic rings. The number of β-amino-alcohol motifs (C(OH)–C–C–N with tert-alkyl or cyclic N) is 1. The van der Waals surface area contributed by atoms with Crippen LogP contribution in [0.1, 0.15) is 33.6 Å². The summed E-state index contributed by atoms with van der Waals surface area (Å²) in [6.45, 7) is 9.29. The first-order valence-corrected chi connectivity index (χ1v) is 5.79. The lowest BCUT2D eigenvalue weighted by Crippen LogP contribution is -2.24. The molecule has 0 aliphatic carbocycles. The Labute approximate surface area is 92.5 Å². The number of rotatable bonds is 5. The lowest BCUT2D eigenvalue weighted by Gasteiger charge is -2.12. The second-order valence-electron chi connectivity index (χ2n) is 4.05. The van der Waals surface area contributed by atoms with Gasteiger partial charge in [-0.25, -0.2) is 0 Å². The number of aliphatic hydroxyl groups is 1. The summed E-state index contributed by atoms with van der Waals surface area (Å²) in [5, 5.41) is 8.88. The van der Waals surface area contributed by atoms with Crippen LogP contribution in [-0.2, 0) is 0 Å². The van der Waals surface area contributed by atoms with Gasteiger partial charge in [0.25, 0.3) is 0 Å². The maximum atomic E-state index is 8.88. The molecule has 0 fully saturated rings. The Hall–Kier alpha value is -0.670. The van der Waals surface area contributed by atoms with E-state index in [-0.39, 0.29) is 6.61 Å². The molecule has 1 heterocycles. The van der Waals surface area contributed by atoms with E-state index < -0.39 is 0 Å². The summed E-state index contributed by atoms with van der Waals surface area (Å²) < 4.78 is 0. The number of aliphatic imine (C=N–C) groups is 1. The van der Waals surface area contributed by atoms with E-state index in [2.05, 4.69) is 25.7 Å². The van der Waals surface area contributed by atoms with Crippen LogP contribution in [0, 0.1) is 0 Å². The van der Waals surface area contributed by atoms with Crippen LogP contribution in [0.4, 0.5) is 0 Å². The topological polar surface area (TPSA) is 35.8 Å². The fraction of sp³-hybridized carbons (Fsp3) is 0.750. The van der Waals surface area contributed by atoms with Gasteiger partial charge in [0.15, 0.2) is 0 Å². The maximum absolute atomic E-state index is 8.88. The maximum Gasteiger partial charge on any atom is 0.0558 e. The van der Waals surface area contributed by atoms with Crippen molar-refractivity contribution >= 4 is 5.71 Å². The summed E-state index contributed by atoms with van der Waals surface area (Å²) in [5.41, 5.74) is 3.83. The molecule has 0 aromatic heterocycles. The predicted molar refractivity (Wildman–Crippen MR) is 64.2 cm³/mol. The van der Waals surface area contributed by atoms with Gasteiger partial charge in [0, 0.05) is 25.3 Å². The number of aliphatic hydroxyl groups excluding tert-OH is 1. The summed E-state index contributed by atoms with van der Waals surface area (Å²) in [4.78, 5) is 6.93. The molecule has 0 saturated carbocycles. The van der Waals surface area contributed by atoms with Gasteiger partial charge in [0.1, 0.15) is 0 Å². The highest BCUT2D eigenvalue weighted by Crippen LogP contribution is 2.18. The Bertz CT molecular complexity index is 263. The van der Waals surface area contributed by atoms with Gasteiger partial charge in [-0.2, -0.15) is 0 Å². The predicted octanol–water partition coefficient (Wildman–Crippen LogP) is 1.83. The summed E-state index contributed by atoms with van der Waals surface area (Å²) in [6.07, 6.45) is 2.07. The molecule has 0 amide bonds. The Morgan fingerprint density at radius 2 is 2.00 bits per heavy atom. The molecule has 86 valence electrons. The summed E-state index contributed by atoms with van der Waals surface area (Å²) in [6, 6.07) is 0. The molecule has 15 heavy (non-hydrogen) atoms. The molecule has 1 aliphatic heterocycles. The normalized spacial score (nSPS) is 17.3. The number of hydrogen-bond acceptors (Lipinski definition) is 3. The van der Waals surface area contributed by atoms with Crippen molar-refractivity contribution in [3.63, 3.8) is 0 Å². The summed E-state index contributed by atoms with van der Waals surface area (Å²) in [5.74, 6) is 0. The van der Waals surface area contributed by atoms with Crippen LogP contribution >= 0.6 is 0 Å². The van der Waals surface area contributed by atoms with E-state index in [0.717, 1.165) is 32.5 Å². The third-order valence-corrected chi connectivity index (χ3v) is 2.85. The molecule has 1 aliphatic rings. The molecule has 0 atom stereocenters. The molecule has 0 saturated heterocycles. The lowest BCUT2D eigenvalue weighted by atomic mass is 10.2. The van der Waals surface area contributed by atoms with Crippen molar-refractivity contribution in [2.24, 2.45) is 4.99 Å². The third kappa shape index (κ3) is 3.43. The van der Waals surface area contributed by atoms with E-state index in [9.17, 15) is 0 Å². The zero-order valence-corrected chi connectivity index (χ0v) is 10.1. The van der Waals surface area contributed by atoms with Crippen molar-refractivity contribution in [1.29, 1.82) is 0 Å². The van der Waals surface area contributed by atoms with Crippen LogP contribution in [-0.4, -0.2) is 42.0 Å². The Balaban J connectivity index is 2.63. The smallest absolute Gasteiger partial charge is 0.0558 e. The van der Waals surface area contributed by atoms with Crippen LogP contribution in [0.15, 0.2) is 16.3 Å².